The van der Waals surface area contributed by atoms with Crippen LogP contribution in [0.2, 0.25) is 0 Å². The third-order valence-electron chi connectivity index (χ3n) is 4.29. The van der Waals surface area contributed by atoms with Crippen molar-refractivity contribution in [2.75, 3.05) is 0 Å². The number of nitrogens with zero attached hydrogens (tertiary/aromatic N) is 1. The number of para-hydroxylation sites is 1. The van der Waals surface area contributed by atoms with Crippen molar-refractivity contribution in [3.63, 3.8) is 0 Å². The highest BCUT2D eigenvalue weighted by atomic mass is 16.3. The predicted octanol–water partition coefficient (Wildman–Crippen LogP) is 2.61. The maximum absolute atomic E-state index is 12.0. The number of carbonyl (C=O) groups excluding carboxylic acids is 1. The van der Waals surface area contributed by atoms with Crippen LogP contribution < -0.4 is 5.43 Å². The van der Waals surface area contributed by atoms with Gasteiger partial charge < -0.3 is 5.11 Å². The third kappa shape index (κ3) is 2.23. The first-order chi connectivity index (χ1) is 9.15. The second-order valence-electron chi connectivity index (χ2n) is 5.60. The molecule has 0 aromatic heterocycles. The molecule has 2 N–H and O–H groups in total. The summed E-state index contributed by atoms with van der Waals surface area (Å²) in [5, 5.41) is 14.1. The number of aromatic hydroxyl groups is 1. The Morgan fingerprint density at radius 1 is 1.42 bits per heavy atom. The van der Waals surface area contributed by atoms with E-state index in [4.69, 9.17) is 0 Å². The van der Waals surface area contributed by atoms with Gasteiger partial charge in [-0.15, -0.1) is 0 Å². The summed E-state index contributed by atoms with van der Waals surface area (Å²) in [6, 6.07) is 5.14. The lowest BCUT2D eigenvalue weighted by molar-refractivity contribution is 0.0951. The van der Waals surface area contributed by atoms with Crippen LogP contribution in [0.15, 0.2) is 23.3 Å². The highest BCUT2D eigenvalue weighted by Gasteiger charge is 2.36. The molecule has 0 unspecified atom stereocenters. The maximum Gasteiger partial charge on any atom is 0.275 e. The standard InChI is InChI=1S/C15H18N2O2/c1-9-3-2-4-12(14(9)18)15(19)17-16-13-8-10-5-6-11(13)7-10/h2-4,10-11,18H,5-8H2,1H3,(H,17,19)/b16-13-/t10-,11-/m0/s1. The van der Waals surface area contributed by atoms with Crippen LogP contribution >= 0.6 is 0 Å². The molecule has 2 saturated carbocycles. The molecule has 1 aromatic rings. The number of benzene rings is 1. The summed E-state index contributed by atoms with van der Waals surface area (Å²) in [5.41, 5.74) is 4.68. The molecule has 2 aliphatic rings. The second-order valence-corrected chi connectivity index (χ2v) is 5.60. The van der Waals surface area contributed by atoms with E-state index in [0.29, 0.717) is 11.5 Å². The number of hydrogen-bond donors (Lipinski definition) is 2. The van der Waals surface area contributed by atoms with Crippen LogP contribution in [0.4, 0.5) is 0 Å². The Balaban J connectivity index is 1.72. The average molecular weight is 258 g/mol. The first-order valence-electron chi connectivity index (χ1n) is 6.80. The van der Waals surface area contributed by atoms with Gasteiger partial charge >= 0.3 is 0 Å². The number of aryl methyl sites for hydroxylation is 1. The Morgan fingerprint density at radius 2 is 2.26 bits per heavy atom. The Hall–Kier alpha value is -1.84. The fourth-order valence-electron chi connectivity index (χ4n) is 3.19. The zero-order chi connectivity index (χ0) is 13.4. The lowest BCUT2D eigenvalue weighted by Crippen LogP contribution is -2.22. The van der Waals surface area contributed by atoms with E-state index in [-0.39, 0.29) is 17.2 Å². The van der Waals surface area contributed by atoms with Crippen molar-refractivity contribution in [3.05, 3.63) is 29.3 Å². The number of nitrogens with one attached hydrogen (secondary N) is 1. The van der Waals surface area contributed by atoms with Crippen LogP contribution in [0.1, 0.15) is 41.6 Å². The molecule has 2 aliphatic carbocycles. The van der Waals surface area contributed by atoms with Gasteiger partial charge in [-0.3, -0.25) is 4.79 Å². The highest BCUT2D eigenvalue weighted by Crippen LogP contribution is 2.42. The summed E-state index contributed by atoms with van der Waals surface area (Å²) in [6.07, 6.45) is 4.75. The van der Waals surface area contributed by atoms with Gasteiger partial charge in [-0.05, 0) is 56.1 Å². The van der Waals surface area contributed by atoms with E-state index < -0.39 is 0 Å². The van der Waals surface area contributed by atoms with Crippen LogP contribution in [0.3, 0.4) is 0 Å². The summed E-state index contributed by atoms with van der Waals surface area (Å²) in [5.74, 6) is 1.04. The van der Waals surface area contributed by atoms with Gasteiger partial charge in [0.25, 0.3) is 5.91 Å². The number of carbonyl (C=O) groups is 1. The molecular weight excluding hydrogens is 240 g/mol. The van der Waals surface area contributed by atoms with E-state index in [1.54, 1.807) is 25.1 Å². The lowest BCUT2D eigenvalue weighted by Gasteiger charge is -2.12. The molecule has 100 valence electrons. The number of hydrogen-bond acceptors (Lipinski definition) is 3. The number of amides is 1. The molecule has 19 heavy (non-hydrogen) atoms. The summed E-state index contributed by atoms with van der Waals surface area (Å²) in [4.78, 5) is 12.0. The van der Waals surface area contributed by atoms with Gasteiger partial charge in [-0.2, -0.15) is 5.10 Å². The fraction of sp³-hybridized carbons (Fsp3) is 0.467. The van der Waals surface area contributed by atoms with Crippen molar-refractivity contribution in [2.45, 2.75) is 32.6 Å². The van der Waals surface area contributed by atoms with Crippen LogP contribution in [0.25, 0.3) is 0 Å². The average Bonchev–Trinajstić information content (AvgIpc) is 3.01. The molecule has 0 saturated heterocycles. The maximum atomic E-state index is 12.0. The van der Waals surface area contributed by atoms with E-state index in [1.807, 2.05) is 0 Å². The molecular formula is C15H18N2O2. The van der Waals surface area contributed by atoms with Gasteiger partial charge in [-0.1, -0.05) is 12.1 Å². The molecule has 1 aromatic carbocycles. The Kier molecular flexibility index (Phi) is 3.01. The van der Waals surface area contributed by atoms with E-state index in [1.165, 1.54) is 19.3 Å². The number of fused-ring (bicyclic) bond motifs is 2. The van der Waals surface area contributed by atoms with Gasteiger partial charge in [0.2, 0.25) is 0 Å². The quantitative estimate of drug-likeness (QED) is 0.801. The number of rotatable bonds is 2. The van der Waals surface area contributed by atoms with Gasteiger partial charge in [0.15, 0.2) is 0 Å². The number of phenolic OH excluding ortho intramolecular Hbond substituents is 1. The molecule has 1 amide bonds. The topological polar surface area (TPSA) is 61.7 Å². The summed E-state index contributed by atoms with van der Waals surface area (Å²) >= 11 is 0. The van der Waals surface area contributed by atoms with E-state index in [0.717, 1.165) is 18.1 Å². The van der Waals surface area contributed by atoms with Crippen molar-refractivity contribution in [1.29, 1.82) is 0 Å². The van der Waals surface area contributed by atoms with Gasteiger partial charge in [0.05, 0.1) is 5.56 Å². The van der Waals surface area contributed by atoms with Crippen molar-refractivity contribution < 1.29 is 9.90 Å². The van der Waals surface area contributed by atoms with Crippen molar-refractivity contribution in [3.8, 4) is 5.75 Å². The minimum atomic E-state index is -0.337. The largest absolute Gasteiger partial charge is 0.507 e. The lowest BCUT2D eigenvalue weighted by atomic mass is 9.99. The zero-order valence-corrected chi connectivity index (χ0v) is 11.0. The number of hydrazone groups is 1. The Bertz CT molecular complexity index is 551. The fourth-order valence-corrected chi connectivity index (χ4v) is 3.19. The molecule has 2 atom stereocenters. The van der Waals surface area contributed by atoms with Crippen molar-refractivity contribution >= 4 is 11.6 Å². The molecule has 0 radical (unpaired) electrons. The van der Waals surface area contributed by atoms with E-state index in [2.05, 4.69) is 10.5 Å². The van der Waals surface area contributed by atoms with E-state index in [9.17, 15) is 9.90 Å². The summed E-state index contributed by atoms with van der Waals surface area (Å²) < 4.78 is 0. The highest BCUT2D eigenvalue weighted by molar-refractivity contribution is 5.98. The molecule has 0 heterocycles. The molecule has 2 fully saturated rings. The first kappa shape index (κ1) is 12.2. The number of phenols is 1. The molecule has 0 aliphatic heterocycles. The van der Waals surface area contributed by atoms with E-state index >= 15 is 0 Å². The normalized spacial score (nSPS) is 26.9. The second kappa shape index (κ2) is 4.68. The molecule has 2 bridgehead atoms. The summed E-state index contributed by atoms with van der Waals surface area (Å²) in [6.45, 7) is 1.77. The molecule has 4 heteroatoms. The molecule has 4 nitrogen and oxygen atoms in total. The van der Waals surface area contributed by atoms with Crippen molar-refractivity contribution in [1.82, 2.24) is 5.43 Å². The van der Waals surface area contributed by atoms with Gasteiger partial charge in [-0.25, -0.2) is 5.43 Å². The van der Waals surface area contributed by atoms with Gasteiger partial charge in [0.1, 0.15) is 5.75 Å². The van der Waals surface area contributed by atoms with Crippen molar-refractivity contribution in [2.24, 2.45) is 16.9 Å². The predicted molar refractivity (Wildman–Crippen MR) is 73.2 cm³/mol. The monoisotopic (exact) mass is 258 g/mol. The third-order valence-corrected chi connectivity index (χ3v) is 4.29. The van der Waals surface area contributed by atoms with Crippen LogP contribution in [0, 0.1) is 18.8 Å². The SMILES string of the molecule is Cc1cccc(C(=O)N/N=C2/C[C@H]3CC[C@H]2C3)c1O. The Morgan fingerprint density at radius 3 is 2.95 bits per heavy atom. The minimum Gasteiger partial charge on any atom is -0.507 e. The zero-order valence-electron chi connectivity index (χ0n) is 11.0. The summed E-state index contributed by atoms with van der Waals surface area (Å²) in [7, 11) is 0. The smallest absolute Gasteiger partial charge is 0.275 e. The molecule has 0 spiro atoms. The van der Waals surface area contributed by atoms with Crippen LogP contribution in [0.5, 0.6) is 5.75 Å². The minimum absolute atomic E-state index is 0.0353. The Labute approximate surface area is 112 Å². The van der Waals surface area contributed by atoms with Crippen LogP contribution in [-0.2, 0) is 0 Å². The molecule has 3 rings (SSSR count). The van der Waals surface area contributed by atoms with Gasteiger partial charge in [0, 0.05) is 5.71 Å². The van der Waals surface area contributed by atoms with Crippen LogP contribution in [-0.4, -0.2) is 16.7 Å². The first-order valence-corrected chi connectivity index (χ1v) is 6.80.